The third-order valence-corrected chi connectivity index (χ3v) is 2.98. The first-order valence-electron chi connectivity index (χ1n) is 6.04. The van der Waals surface area contributed by atoms with Gasteiger partial charge in [0.2, 0.25) is 5.39 Å². The van der Waals surface area contributed by atoms with Gasteiger partial charge >= 0.3 is 11.7 Å². The van der Waals surface area contributed by atoms with E-state index in [4.69, 9.17) is 5.39 Å². The van der Waals surface area contributed by atoms with Crippen LogP contribution in [0, 0.1) is 11.3 Å². The van der Waals surface area contributed by atoms with Gasteiger partial charge in [-0.1, -0.05) is 0 Å². The molecule has 1 atom stereocenters. The molecule has 1 aliphatic rings. The quantitative estimate of drug-likeness (QED) is 0.351. The van der Waals surface area contributed by atoms with Gasteiger partial charge in [0.05, 0.1) is 6.61 Å². The van der Waals surface area contributed by atoms with Crippen LogP contribution in [0.15, 0.2) is 11.5 Å². The molecular weight excluding hydrogens is 236 g/mol. The lowest BCUT2D eigenvalue weighted by Crippen LogP contribution is -2.08. The molecule has 1 rings (SSSR count). The normalized spacial score (nSPS) is 20.2. The zero-order chi connectivity index (χ0) is 13.5. The molecule has 0 spiro atoms. The van der Waals surface area contributed by atoms with Gasteiger partial charge in [-0.25, -0.2) is 4.79 Å². The molecular formula is C12H17N2O4+. The van der Waals surface area contributed by atoms with Crippen molar-refractivity contribution in [1.29, 1.82) is 5.39 Å². The summed E-state index contributed by atoms with van der Waals surface area (Å²) in [5.41, 5.74) is -0.457. The van der Waals surface area contributed by atoms with Crippen molar-refractivity contribution in [2.45, 2.75) is 39.0 Å². The molecule has 1 saturated carbocycles. The Morgan fingerprint density at radius 1 is 1.61 bits per heavy atom. The lowest BCUT2D eigenvalue weighted by atomic mass is 10.0. The van der Waals surface area contributed by atoms with E-state index < -0.39 is 11.7 Å². The summed E-state index contributed by atoms with van der Waals surface area (Å²) in [5, 5.41) is 18.4. The zero-order valence-corrected chi connectivity index (χ0v) is 10.4. The Morgan fingerprint density at radius 3 is 2.83 bits per heavy atom. The van der Waals surface area contributed by atoms with E-state index in [1.165, 1.54) is 0 Å². The van der Waals surface area contributed by atoms with Gasteiger partial charge in [0.15, 0.2) is 10.7 Å². The lowest BCUT2D eigenvalue weighted by molar-refractivity contribution is -0.138. The van der Waals surface area contributed by atoms with E-state index in [2.05, 4.69) is 9.71 Å². The number of Topliss-reactive ketones (excluding diaryl/α,β-unsaturated/α-hetero) is 1. The van der Waals surface area contributed by atoms with E-state index in [0.717, 1.165) is 6.42 Å². The average Bonchev–Trinajstić information content (AvgIpc) is 2.74. The summed E-state index contributed by atoms with van der Waals surface area (Å²) in [6.07, 6.45) is 2.73. The predicted molar refractivity (Wildman–Crippen MR) is 63.0 cm³/mol. The molecule has 0 bridgehead atoms. The van der Waals surface area contributed by atoms with Crippen LogP contribution >= 0.6 is 0 Å². The van der Waals surface area contributed by atoms with E-state index in [9.17, 15) is 14.7 Å². The van der Waals surface area contributed by atoms with Crippen molar-refractivity contribution in [1.82, 2.24) is 0 Å². The number of hydrogen-bond acceptors (Lipinski definition) is 5. The second kappa shape index (κ2) is 6.74. The van der Waals surface area contributed by atoms with Crippen molar-refractivity contribution in [3.05, 3.63) is 16.4 Å². The Labute approximate surface area is 105 Å². The fraction of sp³-hybridized carbons (Fsp3) is 0.667. The molecule has 0 saturated heterocycles. The first-order valence-corrected chi connectivity index (χ1v) is 6.04. The van der Waals surface area contributed by atoms with Gasteiger partial charge in [-0.15, -0.1) is 0 Å². The van der Waals surface area contributed by atoms with Crippen LogP contribution in [0.1, 0.15) is 39.0 Å². The van der Waals surface area contributed by atoms with Crippen molar-refractivity contribution >= 4 is 11.8 Å². The molecule has 18 heavy (non-hydrogen) atoms. The number of ether oxygens (including phenoxy) is 1. The second-order valence-electron chi connectivity index (χ2n) is 4.30. The number of esters is 1. The van der Waals surface area contributed by atoms with Gasteiger partial charge in [0.25, 0.3) is 0 Å². The Hall–Kier alpha value is -1.90. The second-order valence-corrected chi connectivity index (χ2v) is 4.30. The van der Waals surface area contributed by atoms with E-state index in [0.29, 0.717) is 19.3 Å². The van der Waals surface area contributed by atoms with Crippen LogP contribution in [-0.2, 0) is 14.3 Å². The van der Waals surface area contributed by atoms with Crippen LogP contribution in [0.4, 0.5) is 0 Å². The molecule has 1 fully saturated rings. The third-order valence-electron chi connectivity index (χ3n) is 2.98. The minimum atomic E-state index is -0.847. The molecule has 0 radical (unpaired) electrons. The molecule has 0 aliphatic heterocycles. The highest BCUT2D eigenvalue weighted by molar-refractivity contribution is 5.90. The number of nitrogens with zero attached hydrogens (tertiary/aromatic N) is 2. The summed E-state index contributed by atoms with van der Waals surface area (Å²) in [4.78, 5) is 25.1. The maximum absolute atomic E-state index is 11.3. The van der Waals surface area contributed by atoms with Crippen LogP contribution in [-0.4, -0.2) is 23.5 Å². The van der Waals surface area contributed by atoms with E-state index >= 15 is 0 Å². The van der Waals surface area contributed by atoms with Crippen molar-refractivity contribution in [3.8, 4) is 0 Å². The van der Waals surface area contributed by atoms with Crippen LogP contribution < -0.4 is 0 Å². The van der Waals surface area contributed by atoms with Gasteiger partial charge in [-0.05, 0) is 25.7 Å². The summed E-state index contributed by atoms with van der Waals surface area (Å²) in [5.74, 6) is -0.669. The summed E-state index contributed by atoms with van der Waals surface area (Å²) in [6, 6.07) is 0. The molecule has 1 unspecified atom stereocenters. The van der Waals surface area contributed by atoms with E-state index in [-0.39, 0.29) is 30.5 Å². The monoisotopic (exact) mass is 253 g/mol. The molecule has 1 N–H and O–H groups in total. The number of hydrogen-bond donors (Lipinski definition) is 1. The fourth-order valence-corrected chi connectivity index (χ4v) is 2.01. The standard InChI is InChI=1S/C12H16N2O4/c1-2-18-12(17)11(14-13)10(16)6-4-8-3-5-9(15)7-8/h8H,2-7H2,1H3/p+1. The van der Waals surface area contributed by atoms with Crippen LogP contribution in [0.5, 0.6) is 0 Å². The molecule has 6 nitrogen and oxygen atoms in total. The molecule has 98 valence electrons. The van der Waals surface area contributed by atoms with Gasteiger partial charge in [-0.3, -0.25) is 4.79 Å². The molecule has 1 aliphatic carbocycles. The smallest absolute Gasteiger partial charge is 0.505 e. The molecule has 0 aromatic heterocycles. The summed E-state index contributed by atoms with van der Waals surface area (Å²) < 4.78 is 4.64. The van der Waals surface area contributed by atoms with Crippen LogP contribution in [0.3, 0.4) is 0 Å². The summed E-state index contributed by atoms with van der Waals surface area (Å²) in [6.45, 7) is 1.76. The van der Waals surface area contributed by atoms with Crippen molar-refractivity contribution in [3.63, 3.8) is 0 Å². The maximum atomic E-state index is 11.3. The van der Waals surface area contributed by atoms with Gasteiger partial charge in [-0.2, -0.15) is 0 Å². The lowest BCUT2D eigenvalue weighted by Gasteiger charge is -2.05. The number of carbonyl (C=O) groups excluding carboxylic acids is 2. The number of carbonyl (C=O) groups is 2. The Kier molecular flexibility index (Phi) is 5.31. The highest BCUT2D eigenvalue weighted by Gasteiger charge is 2.31. The van der Waals surface area contributed by atoms with Gasteiger partial charge in [0.1, 0.15) is 5.78 Å². The zero-order valence-electron chi connectivity index (χ0n) is 10.4. The number of rotatable bonds is 5. The minimum Gasteiger partial charge on any atom is -0.505 e. The molecule has 0 amide bonds. The highest BCUT2D eigenvalue weighted by Crippen LogP contribution is 2.27. The third kappa shape index (κ3) is 3.84. The predicted octanol–water partition coefficient (Wildman–Crippen LogP) is 2.32. The largest absolute Gasteiger partial charge is 0.505 e. The molecule has 6 heteroatoms. The number of allylic oxidation sites excluding steroid dienone is 1. The first kappa shape index (κ1) is 14.2. The molecule has 0 aromatic rings. The number of ketones is 1. The summed E-state index contributed by atoms with van der Waals surface area (Å²) in [7, 11) is 0. The number of aliphatic hydroxyl groups excluding tert-OH is 1. The Bertz CT molecular complexity index is 409. The molecule has 0 aromatic carbocycles. The Balaban J connectivity index is 2.55. The van der Waals surface area contributed by atoms with E-state index in [1.807, 2.05) is 0 Å². The van der Waals surface area contributed by atoms with Crippen molar-refractivity contribution < 1.29 is 19.4 Å². The van der Waals surface area contributed by atoms with Crippen LogP contribution in [0.25, 0.3) is 4.98 Å². The fourth-order valence-electron chi connectivity index (χ4n) is 2.01. The first-order chi connectivity index (χ1) is 8.58. The summed E-state index contributed by atoms with van der Waals surface area (Å²) >= 11 is 0. The SMILES string of the molecule is CCOC(=O)/C([N+]#N)=C(\O)CCC1CCC(=O)C1. The van der Waals surface area contributed by atoms with E-state index in [1.54, 1.807) is 6.92 Å². The highest BCUT2D eigenvalue weighted by atomic mass is 16.5. The Morgan fingerprint density at radius 2 is 2.33 bits per heavy atom. The van der Waals surface area contributed by atoms with Crippen LogP contribution in [0.2, 0.25) is 0 Å². The average molecular weight is 253 g/mol. The van der Waals surface area contributed by atoms with Crippen molar-refractivity contribution in [2.24, 2.45) is 5.92 Å². The minimum absolute atomic E-state index is 0.141. The maximum Gasteiger partial charge on any atom is 0.505 e. The number of diazo groups is 1. The van der Waals surface area contributed by atoms with Gasteiger partial charge in [0, 0.05) is 19.3 Å². The number of aliphatic hydroxyl groups is 1. The topological polar surface area (TPSA) is 91.8 Å². The molecule has 0 heterocycles. The van der Waals surface area contributed by atoms with Gasteiger partial charge < -0.3 is 9.84 Å². The van der Waals surface area contributed by atoms with Crippen molar-refractivity contribution in [2.75, 3.05) is 6.61 Å².